The van der Waals surface area contributed by atoms with Crippen LogP contribution in [0.25, 0.3) is 0 Å². The zero-order chi connectivity index (χ0) is 12.8. The van der Waals surface area contributed by atoms with Crippen molar-refractivity contribution in [2.24, 2.45) is 28.6 Å². The molecule has 5 atom stereocenters. The third kappa shape index (κ3) is 1.22. The number of alkyl halides is 2. The first-order valence-electron chi connectivity index (χ1n) is 6.64. The van der Waals surface area contributed by atoms with E-state index in [4.69, 9.17) is 4.74 Å². The fraction of sp³-hybridized carbons (Fsp3) is 0.923. The highest BCUT2D eigenvalue weighted by Crippen LogP contribution is 2.87. The molecule has 0 aromatic heterocycles. The van der Waals surface area contributed by atoms with Gasteiger partial charge in [-0.05, 0) is 55.3 Å². The van der Waals surface area contributed by atoms with E-state index in [9.17, 15) is 13.6 Å². The van der Waals surface area contributed by atoms with E-state index in [0.29, 0.717) is 5.41 Å². The van der Waals surface area contributed by atoms with Gasteiger partial charge in [0.05, 0.1) is 6.61 Å². The quantitative estimate of drug-likeness (QED) is 0.632. The van der Waals surface area contributed by atoms with Gasteiger partial charge in [-0.1, -0.05) is 12.6 Å². The van der Waals surface area contributed by atoms with Gasteiger partial charge in [-0.15, -0.1) is 0 Å². The standard InChI is InChI=1S/C13H16F2O2S/c14-13(15,18)10(16)17-6-11-3-7-1-8-4-12(11,5-11)9(8)2-7/h7-9,18H,1-6H2. The summed E-state index contributed by atoms with van der Waals surface area (Å²) in [6.45, 7) is 0.182. The molecule has 5 heteroatoms. The van der Waals surface area contributed by atoms with Crippen molar-refractivity contribution >= 4 is 18.6 Å². The Balaban J connectivity index is 1.47. The average Bonchev–Trinajstić information content (AvgIpc) is 2.85. The van der Waals surface area contributed by atoms with E-state index in [2.05, 4.69) is 12.6 Å². The normalized spacial score (nSPS) is 51.4. The lowest BCUT2D eigenvalue weighted by atomic mass is 9.59. The molecule has 0 aliphatic heterocycles. The lowest BCUT2D eigenvalue weighted by Crippen LogP contribution is -2.42. The molecule has 1 spiro atoms. The highest BCUT2D eigenvalue weighted by molar-refractivity contribution is 7.82. The van der Waals surface area contributed by atoms with Crippen LogP contribution in [-0.4, -0.2) is 17.8 Å². The first kappa shape index (κ1) is 11.5. The largest absolute Gasteiger partial charge is 0.460 e. The number of esters is 1. The van der Waals surface area contributed by atoms with Crippen LogP contribution >= 0.6 is 12.6 Å². The summed E-state index contributed by atoms with van der Waals surface area (Å²) in [6, 6.07) is 0. The Kier molecular flexibility index (Phi) is 1.95. The number of hydrogen-bond donors (Lipinski definition) is 1. The highest BCUT2D eigenvalue weighted by Gasteiger charge is 2.81. The number of hydrogen-bond acceptors (Lipinski definition) is 3. The number of thiol groups is 1. The smallest absolute Gasteiger partial charge is 0.388 e. The van der Waals surface area contributed by atoms with Gasteiger partial charge in [-0.2, -0.15) is 8.78 Å². The molecular formula is C13H16F2O2S. The molecule has 4 fully saturated rings. The number of ether oxygens (including phenoxy) is 1. The molecule has 4 aliphatic rings. The summed E-state index contributed by atoms with van der Waals surface area (Å²) in [5, 5.41) is -3.66. The Hall–Kier alpha value is -0.320. The predicted octanol–water partition coefficient (Wildman–Crippen LogP) is 2.88. The maximum atomic E-state index is 12.7. The summed E-state index contributed by atoms with van der Waals surface area (Å²) < 4.78 is 30.2. The van der Waals surface area contributed by atoms with E-state index in [1.54, 1.807) is 0 Å². The second-order valence-electron chi connectivity index (χ2n) is 6.84. The van der Waals surface area contributed by atoms with Crippen molar-refractivity contribution < 1.29 is 18.3 Å². The van der Waals surface area contributed by atoms with Crippen molar-refractivity contribution in [3.8, 4) is 0 Å². The van der Waals surface area contributed by atoms with Gasteiger partial charge in [0.2, 0.25) is 0 Å². The number of fused-ring (bicyclic) bond motifs is 1. The van der Waals surface area contributed by atoms with Crippen molar-refractivity contribution in [3.05, 3.63) is 0 Å². The molecule has 0 aromatic carbocycles. The minimum Gasteiger partial charge on any atom is -0.460 e. The first-order valence-corrected chi connectivity index (χ1v) is 7.08. The predicted molar refractivity (Wildman–Crippen MR) is 63.3 cm³/mol. The summed E-state index contributed by atoms with van der Waals surface area (Å²) in [5.41, 5.74) is 0.402. The molecular weight excluding hydrogens is 258 g/mol. The first-order chi connectivity index (χ1) is 8.36. The highest BCUT2D eigenvalue weighted by atomic mass is 32.1. The molecule has 0 aromatic rings. The maximum absolute atomic E-state index is 12.7. The molecule has 5 unspecified atom stereocenters. The van der Waals surface area contributed by atoms with E-state index in [1.807, 2.05) is 0 Å². The maximum Gasteiger partial charge on any atom is 0.388 e. The lowest BCUT2D eigenvalue weighted by molar-refractivity contribution is -0.163. The third-order valence-corrected chi connectivity index (χ3v) is 6.30. The fourth-order valence-electron chi connectivity index (χ4n) is 5.51. The van der Waals surface area contributed by atoms with E-state index < -0.39 is 11.2 Å². The molecule has 18 heavy (non-hydrogen) atoms. The van der Waals surface area contributed by atoms with Crippen LogP contribution in [0, 0.1) is 28.6 Å². The summed E-state index contributed by atoms with van der Waals surface area (Å²) in [6.07, 6.45) is 6.03. The van der Waals surface area contributed by atoms with Gasteiger partial charge in [0, 0.05) is 5.41 Å². The Morgan fingerprint density at radius 2 is 2.17 bits per heavy atom. The molecule has 0 saturated heterocycles. The average molecular weight is 274 g/mol. The summed E-state index contributed by atoms with van der Waals surface area (Å²) >= 11 is 2.96. The van der Waals surface area contributed by atoms with Gasteiger partial charge in [-0.25, -0.2) is 4.79 Å². The zero-order valence-electron chi connectivity index (χ0n) is 9.99. The van der Waals surface area contributed by atoms with Gasteiger partial charge >= 0.3 is 11.2 Å². The van der Waals surface area contributed by atoms with Gasteiger partial charge in [0.25, 0.3) is 0 Å². The van der Waals surface area contributed by atoms with E-state index in [0.717, 1.165) is 30.6 Å². The molecule has 0 amide bonds. The molecule has 2 bridgehead atoms. The minimum atomic E-state index is -3.66. The molecule has 0 radical (unpaired) electrons. The minimum absolute atomic E-state index is 0.0439. The Morgan fingerprint density at radius 1 is 1.39 bits per heavy atom. The molecule has 4 aliphatic carbocycles. The van der Waals surface area contributed by atoms with Crippen LogP contribution in [0.3, 0.4) is 0 Å². The second-order valence-corrected chi connectivity index (χ2v) is 7.40. The zero-order valence-corrected chi connectivity index (χ0v) is 10.9. The number of rotatable bonds is 3. The Labute approximate surface area is 110 Å². The van der Waals surface area contributed by atoms with Crippen LogP contribution in [-0.2, 0) is 9.53 Å². The van der Waals surface area contributed by atoms with Crippen LogP contribution in [0.1, 0.15) is 32.1 Å². The SMILES string of the molecule is O=C(OCC12CC3CC4CC1(C2)C4C3)C(F)(F)S. The van der Waals surface area contributed by atoms with E-state index >= 15 is 0 Å². The monoisotopic (exact) mass is 274 g/mol. The number of carbonyl (C=O) groups excluding carboxylic acids is 1. The van der Waals surface area contributed by atoms with Crippen LogP contribution in [0.15, 0.2) is 0 Å². The molecule has 100 valence electrons. The Morgan fingerprint density at radius 3 is 2.89 bits per heavy atom. The van der Waals surface area contributed by atoms with Crippen LogP contribution in [0.2, 0.25) is 0 Å². The van der Waals surface area contributed by atoms with Crippen LogP contribution < -0.4 is 0 Å². The van der Waals surface area contributed by atoms with Crippen molar-refractivity contribution in [3.63, 3.8) is 0 Å². The van der Waals surface area contributed by atoms with Gasteiger partial charge < -0.3 is 4.74 Å². The number of halogens is 2. The summed E-state index contributed by atoms with van der Waals surface area (Å²) in [5.74, 6) is 0.928. The third-order valence-electron chi connectivity index (χ3n) is 6.12. The van der Waals surface area contributed by atoms with Crippen molar-refractivity contribution in [1.29, 1.82) is 0 Å². The molecule has 4 rings (SSSR count). The topological polar surface area (TPSA) is 26.3 Å². The molecule has 0 heterocycles. The molecule has 4 saturated carbocycles. The lowest BCUT2D eigenvalue weighted by Gasteiger charge is -2.46. The second kappa shape index (κ2) is 3.05. The van der Waals surface area contributed by atoms with Gasteiger partial charge in [0.15, 0.2) is 0 Å². The van der Waals surface area contributed by atoms with Gasteiger partial charge in [0.1, 0.15) is 0 Å². The molecule has 0 N–H and O–H groups in total. The summed E-state index contributed by atoms with van der Waals surface area (Å²) in [4.78, 5) is 11.1. The van der Waals surface area contributed by atoms with E-state index in [1.165, 1.54) is 19.3 Å². The van der Waals surface area contributed by atoms with Gasteiger partial charge in [-0.3, -0.25) is 0 Å². The van der Waals surface area contributed by atoms with E-state index in [-0.39, 0.29) is 12.0 Å². The van der Waals surface area contributed by atoms with Crippen LogP contribution in [0.5, 0.6) is 0 Å². The van der Waals surface area contributed by atoms with Crippen LogP contribution in [0.4, 0.5) is 8.78 Å². The number of carbonyl (C=O) groups is 1. The summed E-state index contributed by atoms with van der Waals surface area (Å²) in [7, 11) is 0. The molecule has 2 nitrogen and oxygen atoms in total. The van der Waals surface area contributed by atoms with Crippen molar-refractivity contribution in [1.82, 2.24) is 0 Å². The fourth-order valence-corrected chi connectivity index (χ4v) is 5.58. The van der Waals surface area contributed by atoms with Crippen molar-refractivity contribution in [2.45, 2.75) is 37.4 Å². The van der Waals surface area contributed by atoms with Crippen molar-refractivity contribution in [2.75, 3.05) is 6.61 Å². The Bertz CT molecular complexity index is 435.